The Labute approximate surface area is 167 Å². The molecule has 0 aliphatic carbocycles. The minimum atomic E-state index is -0.247. The van der Waals surface area contributed by atoms with Gasteiger partial charge < -0.3 is 5.11 Å². The van der Waals surface area contributed by atoms with Crippen LogP contribution < -0.4 is 5.56 Å². The van der Waals surface area contributed by atoms with Crippen LogP contribution in [0.15, 0.2) is 64.5 Å². The standard InChI is InChI=1S/C22H21N5O2/c1-14(2)20-24-19-12-8-7-11-17(19)21(28)27(20)23-13-18-15(3)25-26(22(18)29)16-9-5-4-6-10-16/h4-14,29H,1-3H3/b23-13+. The fraction of sp³-hybridized carbons (Fsp3) is 0.182. The van der Waals surface area contributed by atoms with E-state index in [2.05, 4.69) is 15.2 Å². The zero-order valence-electron chi connectivity index (χ0n) is 16.4. The number of hydrogen-bond donors (Lipinski definition) is 1. The van der Waals surface area contributed by atoms with Crippen LogP contribution in [0.5, 0.6) is 5.88 Å². The summed E-state index contributed by atoms with van der Waals surface area (Å²) in [5.74, 6) is 0.508. The first-order valence-corrected chi connectivity index (χ1v) is 9.37. The van der Waals surface area contributed by atoms with Crippen LogP contribution in [0.25, 0.3) is 16.6 Å². The molecule has 4 aromatic rings. The Hall–Kier alpha value is -3.74. The molecule has 1 N–H and O–H groups in total. The van der Waals surface area contributed by atoms with Crippen molar-refractivity contribution in [3.63, 3.8) is 0 Å². The van der Waals surface area contributed by atoms with Crippen LogP contribution in [-0.2, 0) is 0 Å². The predicted molar refractivity (Wildman–Crippen MR) is 113 cm³/mol. The van der Waals surface area contributed by atoms with Gasteiger partial charge in [-0.15, -0.1) is 0 Å². The summed E-state index contributed by atoms with van der Waals surface area (Å²) in [5.41, 5.74) is 2.18. The van der Waals surface area contributed by atoms with Gasteiger partial charge in [0.2, 0.25) is 5.88 Å². The van der Waals surface area contributed by atoms with Gasteiger partial charge in [0.05, 0.1) is 34.1 Å². The SMILES string of the molecule is Cc1nn(-c2ccccc2)c(O)c1/C=N/n1c(C(C)C)nc2ccccc2c1=O. The van der Waals surface area contributed by atoms with Crippen LogP contribution in [-0.4, -0.2) is 30.8 Å². The van der Waals surface area contributed by atoms with Gasteiger partial charge in [-0.3, -0.25) is 4.79 Å². The van der Waals surface area contributed by atoms with Crippen molar-refractivity contribution in [1.82, 2.24) is 19.4 Å². The molecule has 0 bridgehead atoms. The second-order valence-electron chi connectivity index (χ2n) is 7.07. The maximum Gasteiger partial charge on any atom is 0.282 e. The van der Waals surface area contributed by atoms with Gasteiger partial charge in [-0.25, -0.2) is 9.67 Å². The van der Waals surface area contributed by atoms with Crippen LogP contribution in [0.3, 0.4) is 0 Å². The van der Waals surface area contributed by atoms with Gasteiger partial charge >= 0.3 is 0 Å². The smallest absolute Gasteiger partial charge is 0.282 e. The van der Waals surface area contributed by atoms with E-state index < -0.39 is 0 Å². The highest BCUT2D eigenvalue weighted by Gasteiger charge is 2.16. The average molecular weight is 387 g/mol. The summed E-state index contributed by atoms with van der Waals surface area (Å²) in [6.07, 6.45) is 1.46. The molecule has 2 aromatic carbocycles. The summed E-state index contributed by atoms with van der Waals surface area (Å²) in [4.78, 5) is 17.6. The molecule has 0 aliphatic rings. The Morgan fingerprint density at radius 1 is 1.07 bits per heavy atom. The molecule has 0 saturated carbocycles. The minimum absolute atomic E-state index is 0.00816. The molecule has 146 valence electrons. The van der Waals surface area contributed by atoms with Crippen LogP contribution in [0.4, 0.5) is 0 Å². The van der Waals surface area contributed by atoms with Crippen molar-refractivity contribution in [2.75, 3.05) is 0 Å². The van der Waals surface area contributed by atoms with Crippen molar-refractivity contribution in [3.8, 4) is 11.6 Å². The molecule has 4 rings (SSSR count). The van der Waals surface area contributed by atoms with Crippen LogP contribution in [0, 0.1) is 6.92 Å². The molecule has 0 atom stereocenters. The van der Waals surface area contributed by atoms with E-state index in [9.17, 15) is 9.90 Å². The second kappa shape index (κ2) is 7.35. The fourth-order valence-electron chi connectivity index (χ4n) is 3.17. The zero-order valence-corrected chi connectivity index (χ0v) is 16.4. The van der Waals surface area contributed by atoms with Gasteiger partial charge in [-0.05, 0) is 31.2 Å². The molecule has 7 heteroatoms. The quantitative estimate of drug-likeness (QED) is 0.542. The molecule has 2 heterocycles. The fourth-order valence-corrected chi connectivity index (χ4v) is 3.17. The maximum absolute atomic E-state index is 13.0. The molecular formula is C22H21N5O2. The van der Waals surface area contributed by atoms with Crippen LogP contribution in [0.1, 0.15) is 36.8 Å². The second-order valence-corrected chi connectivity index (χ2v) is 7.07. The Morgan fingerprint density at radius 2 is 1.76 bits per heavy atom. The molecule has 0 spiro atoms. The number of benzene rings is 2. The third-order valence-corrected chi connectivity index (χ3v) is 4.68. The Morgan fingerprint density at radius 3 is 2.48 bits per heavy atom. The van der Waals surface area contributed by atoms with Crippen LogP contribution >= 0.6 is 0 Å². The Bertz CT molecular complexity index is 1270. The minimum Gasteiger partial charge on any atom is -0.493 e. The van der Waals surface area contributed by atoms with Crippen LogP contribution in [0.2, 0.25) is 0 Å². The summed E-state index contributed by atoms with van der Waals surface area (Å²) in [5, 5.41) is 19.9. The number of aryl methyl sites for hydroxylation is 1. The average Bonchev–Trinajstić information content (AvgIpc) is 3.01. The number of para-hydroxylation sites is 2. The molecule has 29 heavy (non-hydrogen) atoms. The molecule has 2 aromatic heterocycles. The van der Waals surface area contributed by atoms with E-state index in [1.807, 2.05) is 56.3 Å². The zero-order chi connectivity index (χ0) is 20.5. The number of rotatable bonds is 4. The highest BCUT2D eigenvalue weighted by Crippen LogP contribution is 2.23. The third-order valence-electron chi connectivity index (χ3n) is 4.68. The van der Waals surface area contributed by atoms with E-state index in [1.54, 1.807) is 19.1 Å². The summed E-state index contributed by atoms with van der Waals surface area (Å²) < 4.78 is 2.74. The molecule has 0 aliphatic heterocycles. The number of fused-ring (bicyclic) bond motifs is 1. The molecular weight excluding hydrogens is 366 g/mol. The van der Waals surface area contributed by atoms with Crippen molar-refractivity contribution in [2.45, 2.75) is 26.7 Å². The van der Waals surface area contributed by atoms with Crippen molar-refractivity contribution < 1.29 is 5.11 Å². The number of aromatic hydroxyl groups is 1. The molecule has 0 amide bonds. The van der Waals surface area contributed by atoms with Gasteiger partial charge in [-0.1, -0.05) is 44.2 Å². The third kappa shape index (κ3) is 3.31. The van der Waals surface area contributed by atoms with E-state index in [4.69, 9.17) is 0 Å². The number of hydrogen-bond acceptors (Lipinski definition) is 5. The first-order valence-electron chi connectivity index (χ1n) is 9.37. The lowest BCUT2D eigenvalue weighted by molar-refractivity contribution is 0.433. The van der Waals surface area contributed by atoms with Gasteiger partial charge in [0.25, 0.3) is 5.56 Å². The monoisotopic (exact) mass is 387 g/mol. The lowest BCUT2D eigenvalue weighted by Gasteiger charge is -2.11. The first kappa shape index (κ1) is 18.6. The Balaban J connectivity index is 1.84. The van der Waals surface area contributed by atoms with Crippen molar-refractivity contribution in [1.29, 1.82) is 0 Å². The normalized spacial score (nSPS) is 11.7. The Kier molecular flexibility index (Phi) is 4.72. The van der Waals surface area contributed by atoms with E-state index in [0.717, 1.165) is 5.69 Å². The molecule has 0 fully saturated rings. The topological polar surface area (TPSA) is 85.3 Å². The van der Waals surface area contributed by atoms with Gasteiger partial charge in [0.15, 0.2) is 0 Å². The molecule has 0 saturated heterocycles. The van der Waals surface area contributed by atoms with E-state index >= 15 is 0 Å². The van der Waals surface area contributed by atoms with Gasteiger partial charge in [0.1, 0.15) is 5.82 Å². The lowest BCUT2D eigenvalue weighted by Crippen LogP contribution is -2.23. The van der Waals surface area contributed by atoms with Crippen molar-refractivity contribution in [3.05, 3.63) is 82.0 Å². The first-order chi connectivity index (χ1) is 14.0. The van der Waals surface area contributed by atoms with Crippen molar-refractivity contribution in [2.24, 2.45) is 5.10 Å². The van der Waals surface area contributed by atoms with E-state index in [1.165, 1.54) is 15.6 Å². The summed E-state index contributed by atoms with van der Waals surface area (Å²) in [6.45, 7) is 5.70. The summed E-state index contributed by atoms with van der Waals surface area (Å²) in [6, 6.07) is 16.5. The summed E-state index contributed by atoms with van der Waals surface area (Å²) >= 11 is 0. The number of nitrogens with zero attached hydrogens (tertiary/aromatic N) is 5. The highest BCUT2D eigenvalue weighted by molar-refractivity contribution is 5.84. The van der Waals surface area contributed by atoms with Gasteiger partial charge in [-0.2, -0.15) is 14.9 Å². The maximum atomic E-state index is 13.0. The number of aromatic nitrogens is 4. The summed E-state index contributed by atoms with van der Waals surface area (Å²) in [7, 11) is 0. The molecule has 0 unspecified atom stereocenters. The molecule has 7 nitrogen and oxygen atoms in total. The predicted octanol–water partition coefficient (Wildman–Crippen LogP) is 3.60. The van der Waals surface area contributed by atoms with Gasteiger partial charge in [0, 0.05) is 5.92 Å². The highest BCUT2D eigenvalue weighted by atomic mass is 16.3. The van der Waals surface area contributed by atoms with E-state index in [0.29, 0.717) is 28.0 Å². The largest absolute Gasteiger partial charge is 0.493 e. The molecule has 0 radical (unpaired) electrons. The van der Waals surface area contributed by atoms with E-state index in [-0.39, 0.29) is 17.4 Å². The lowest BCUT2D eigenvalue weighted by atomic mass is 10.2. The van der Waals surface area contributed by atoms with Crippen molar-refractivity contribution >= 4 is 17.1 Å².